The zero-order chi connectivity index (χ0) is 58.1. The molecule has 0 bridgehead atoms. The van der Waals surface area contributed by atoms with E-state index in [4.69, 9.17) is 13.8 Å². The van der Waals surface area contributed by atoms with E-state index in [2.05, 4.69) is 278 Å². The summed E-state index contributed by atoms with van der Waals surface area (Å²) in [6, 6.07) is 93.2. The van der Waals surface area contributed by atoms with Gasteiger partial charge in [-0.1, -0.05) is 221 Å². The lowest BCUT2D eigenvalue weighted by Crippen LogP contribution is -2.26. The number of pyridine rings is 1. The standard InChI is InChI=1S/C78H58N4O/c1-50-42-43-79-72(44-50)82-67-39-15-11-33-63(67)73-70(82)48-71(75-74(73)62-32-10-14-38-66(62)78(75)64-36-12-8-30-60(64)61-31-9-13-37-65(61)78)83-57-29-20-28-56(47-57)80-49-81(69-41-17-16-40-68(69)80)76-58(53-25-18-24-52(45-53)51-22-6-5-7-23-51)34-21-35-59(76)54-26-19-27-55(46-54)77(2,3)4/h5-48H,49H2,1-4H3/i1D3. The van der Waals surface area contributed by atoms with Crippen LogP contribution in [0.25, 0.3) is 83.3 Å². The average Bonchev–Trinajstić information content (AvgIpc) is 1.50. The van der Waals surface area contributed by atoms with Crippen LogP contribution in [0.15, 0.2) is 267 Å². The Morgan fingerprint density at radius 2 is 1.07 bits per heavy atom. The van der Waals surface area contributed by atoms with E-state index in [-0.39, 0.29) is 11.0 Å². The Bertz CT molecular complexity index is 4850. The molecule has 83 heavy (non-hydrogen) atoms. The van der Waals surface area contributed by atoms with Crippen LogP contribution in [-0.4, -0.2) is 16.2 Å². The molecule has 0 saturated carbocycles. The van der Waals surface area contributed by atoms with Crippen LogP contribution in [0.3, 0.4) is 0 Å². The Morgan fingerprint density at radius 3 is 1.82 bits per heavy atom. The monoisotopic (exact) mass is 1070 g/mol. The van der Waals surface area contributed by atoms with Crippen molar-refractivity contribution in [2.45, 2.75) is 38.5 Å². The Balaban J connectivity index is 0.893. The third-order valence-corrected chi connectivity index (χ3v) is 17.6. The van der Waals surface area contributed by atoms with Crippen LogP contribution in [0.2, 0.25) is 0 Å². The summed E-state index contributed by atoms with van der Waals surface area (Å²) in [5.74, 6) is 1.89. The second-order valence-electron chi connectivity index (χ2n) is 23.2. The molecule has 3 heterocycles. The van der Waals surface area contributed by atoms with Gasteiger partial charge in [-0.05, 0) is 128 Å². The van der Waals surface area contributed by atoms with Crippen molar-refractivity contribution in [3.8, 4) is 73.0 Å². The fraction of sp³-hybridized carbons (Fsp3) is 0.0897. The van der Waals surface area contributed by atoms with Crippen LogP contribution in [0.4, 0.5) is 22.7 Å². The summed E-state index contributed by atoms with van der Waals surface area (Å²) in [5.41, 5.74) is 22.9. The van der Waals surface area contributed by atoms with Gasteiger partial charge in [0.25, 0.3) is 0 Å². The summed E-state index contributed by atoms with van der Waals surface area (Å²) in [6.07, 6.45) is 1.61. The van der Waals surface area contributed by atoms with E-state index in [0.29, 0.717) is 24.0 Å². The topological polar surface area (TPSA) is 33.5 Å². The Kier molecular flexibility index (Phi) is 10.2. The first-order chi connectivity index (χ1) is 41.9. The first-order valence-corrected chi connectivity index (χ1v) is 28.6. The number of ether oxygens (including phenoxy) is 1. The van der Waals surface area contributed by atoms with E-state index >= 15 is 0 Å². The van der Waals surface area contributed by atoms with Crippen LogP contribution < -0.4 is 14.5 Å². The fourth-order valence-electron chi connectivity index (χ4n) is 14.0. The molecule has 2 aliphatic carbocycles. The van der Waals surface area contributed by atoms with Crippen LogP contribution in [-0.2, 0) is 10.8 Å². The first-order valence-electron chi connectivity index (χ1n) is 30.1. The van der Waals surface area contributed by atoms with Gasteiger partial charge in [0.05, 0.1) is 33.5 Å². The number of aryl methyl sites for hydroxylation is 1. The third-order valence-electron chi connectivity index (χ3n) is 17.6. The van der Waals surface area contributed by atoms with E-state index in [1.807, 2.05) is 6.07 Å². The molecule has 1 aliphatic heterocycles. The van der Waals surface area contributed by atoms with Crippen molar-refractivity contribution in [1.82, 2.24) is 9.55 Å². The van der Waals surface area contributed by atoms with Gasteiger partial charge in [0.1, 0.15) is 24.0 Å². The molecule has 13 aromatic rings. The Morgan fingerprint density at radius 1 is 0.482 bits per heavy atom. The SMILES string of the molecule is [2H]C([2H])([2H])c1ccnc(-n2c3ccccc3c3c4c(c(Oc5cccc(N6CN(c7c(-c8cccc(-c9ccccc9)c8)cccc7-c7cccc(C(C)(C)C)c7)c7ccccc76)c5)cc32)C2(c3ccccc3-c3ccccc32)c2ccccc2-4)c1. The first kappa shape index (κ1) is 45.5. The van der Waals surface area contributed by atoms with Gasteiger partial charge in [0, 0.05) is 61.2 Å². The normalized spacial score (nSPS) is 14.2. The molecule has 5 nitrogen and oxygen atoms in total. The molecular weight excluding hydrogens is 1010 g/mol. The van der Waals surface area contributed by atoms with Gasteiger partial charge < -0.3 is 14.5 Å². The van der Waals surface area contributed by atoms with Gasteiger partial charge >= 0.3 is 0 Å². The molecule has 3 aliphatic rings. The highest BCUT2D eigenvalue weighted by atomic mass is 16.5. The largest absolute Gasteiger partial charge is 0.457 e. The molecule has 2 aromatic heterocycles. The van der Waals surface area contributed by atoms with Crippen molar-refractivity contribution in [1.29, 1.82) is 0 Å². The lowest BCUT2D eigenvalue weighted by molar-refractivity contribution is 0.472. The Labute approximate surface area is 488 Å². The summed E-state index contributed by atoms with van der Waals surface area (Å²) in [6.45, 7) is 5.03. The van der Waals surface area contributed by atoms with Crippen molar-refractivity contribution >= 4 is 44.6 Å². The molecule has 1 spiro atoms. The number of para-hydroxylation sites is 4. The van der Waals surface area contributed by atoms with Gasteiger partial charge in [-0.25, -0.2) is 4.98 Å². The van der Waals surface area contributed by atoms with Gasteiger partial charge in [0.15, 0.2) is 0 Å². The molecular formula is C78H58N4O. The molecule has 0 amide bonds. The molecule has 0 unspecified atom stereocenters. The van der Waals surface area contributed by atoms with Crippen LogP contribution in [0, 0.1) is 6.85 Å². The Hall–Kier alpha value is -10.2. The smallest absolute Gasteiger partial charge is 0.137 e. The maximum absolute atomic E-state index is 8.47. The third kappa shape index (κ3) is 7.44. The predicted octanol–water partition coefficient (Wildman–Crippen LogP) is 20.2. The van der Waals surface area contributed by atoms with Crippen molar-refractivity contribution in [2.75, 3.05) is 16.5 Å². The number of aromatic nitrogens is 2. The van der Waals surface area contributed by atoms with Gasteiger partial charge in [-0.2, -0.15) is 0 Å². The van der Waals surface area contributed by atoms with E-state index in [9.17, 15) is 0 Å². The molecule has 0 radical (unpaired) electrons. The summed E-state index contributed by atoms with van der Waals surface area (Å²) in [5, 5.41) is 2.09. The highest BCUT2D eigenvalue weighted by molar-refractivity contribution is 6.20. The molecule has 0 fully saturated rings. The minimum Gasteiger partial charge on any atom is -0.457 e. The summed E-state index contributed by atoms with van der Waals surface area (Å²) in [4.78, 5) is 9.82. The summed E-state index contributed by atoms with van der Waals surface area (Å²) < 4.78 is 35.2. The maximum Gasteiger partial charge on any atom is 0.137 e. The second-order valence-corrected chi connectivity index (χ2v) is 23.2. The van der Waals surface area contributed by atoms with E-state index < -0.39 is 12.3 Å². The van der Waals surface area contributed by atoms with Crippen LogP contribution in [0.1, 0.15) is 58.3 Å². The fourth-order valence-corrected chi connectivity index (χ4v) is 14.0. The van der Waals surface area contributed by atoms with E-state index in [0.717, 1.165) is 89.1 Å². The van der Waals surface area contributed by atoms with Crippen molar-refractivity contribution in [3.05, 3.63) is 300 Å². The minimum atomic E-state index is -2.34. The molecule has 396 valence electrons. The minimum absolute atomic E-state index is 0.0483. The van der Waals surface area contributed by atoms with Gasteiger partial charge in [0.2, 0.25) is 0 Å². The molecule has 16 rings (SSSR count). The predicted molar refractivity (Wildman–Crippen MR) is 343 cm³/mol. The lowest BCUT2D eigenvalue weighted by Gasteiger charge is -2.32. The van der Waals surface area contributed by atoms with Crippen molar-refractivity contribution in [2.24, 2.45) is 0 Å². The lowest BCUT2D eigenvalue weighted by atomic mass is 9.70. The summed E-state index contributed by atoms with van der Waals surface area (Å²) in [7, 11) is 0. The van der Waals surface area contributed by atoms with E-state index in [1.54, 1.807) is 18.3 Å². The number of rotatable bonds is 8. The highest BCUT2D eigenvalue weighted by Crippen LogP contribution is 2.67. The average molecular weight is 1070 g/mol. The van der Waals surface area contributed by atoms with E-state index in [1.165, 1.54) is 38.9 Å². The van der Waals surface area contributed by atoms with Gasteiger partial charge in [-0.3, -0.25) is 4.57 Å². The molecule has 0 N–H and O–H groups in total. The zero-order valence-corrected chi connectivity index (χ0v) is 46.3. The number of benzene rings is 11. The van der Waals surface area contributed by atoms with Gasteiger partial charge in [-0.15, -0.1) is 0 Å². The zero-order valence-electron chi connectivity index (χ0n) is 49.3. The van der Waals surface area contributed by atoms with Crippen molar-refractivity contribution < 1.29 is 8.85 Å². The quantitative estimate of drug-likeness (QED) is 0.152. The summed E-state index contributed by atoms with van der Waals surface area (Å²) >= 11 is 0. The number of hydrogen-bond acceptors (Lipinski definition) is 4. The number of anilines is 4. The molecule has 0 saturated heterocycles. The number of fused-ring (bicyclic) bond motifs is 15. The maximum atomic E-state index is 8.47. The van der Waals surface area contributed by atoms with Crippen LogP contribution >= 0.6 is 0 Å². The highest BCUT2D eigenvalue weighted by Gasteiger charge is 2.54. The number of hydrogen-bond donors (Lipinski definition) is 0. The molecule has 0 atom stereocenters. The molecule has 5 heteroatoms. The molecule has 11 aromatic carbocycles. The number of nitrogens with zero attached hydrogens (tertiary/aromatic N) is 4. The second kappa shape index (κ2) is 18.7. The van der Waals surface area contributed by atoms with Crippen LogP contribution in [0.5, 0.6) is 11.5 Å². The van der Waals surface area contributed by atoms with Crippen molar-refractivity contribution in [3.63, 3.8) is 0 Å².